The minimum Gasteiger partial charge on any atom is -0.468 e. The molecule has 7 heteroatoms. The molecule has 0 bridgehead atoms. The van der Waals surface area contributed by atoms with E-state index >= 15 is 0 Å². The number of likely N-dealkylation sites (tertiary alicyclic amines) is 1. The van der Waals surface area contributed by atoms with Crippen LogP contribution < -0.4 is 5.32 Å². The molecule has 3 aliphatic heterocycles. The van der Waals surface area contributed by atoms with Gasteiger partial charge >= 0.3 is 5.97 Å². The van der Waals surface area contributed by atoms with Gasteiger partial charge < -0.3 is 9.47 Å². The van der Waals surface area contributed by atoms with E-state index in [1.54, 1.807) is 6.92 Å². The first-order chi connectivity index (χ1) is 12.5. The summed E-state index contributed by atoms with van der Waals surface area (Å²) in [5.74, 6) is -1.73. The fourth-order valence-corrected chi connectivity index (χ4v) is 5.06. The Balaban J connectivity index is 2.02. The van der Waals surface area contributed by atoms with Crippen molar-refractivity contribution in [2.24, 2.45) is 17.8 Å². The Hall–Kier alpha value is -1.47. The Morgan fingerprint density at radius 3 is 2.54 bits per heavy atom. The second-order valence-corrected chi connectivity index (χ2v) is 7.61. The molecule has 3 fully saturated rings. The normalized spacial score (nSPS) is 35.0. The number of imide groups is 1. The number of carbonyl (C=O) groups is 3. The first-order valence-corrected chi connectivity index (χ1v) is 9.80. The molecule has 4 atom stereocenters. The molecule has 146 valence electrons. The first-order valence-electron chi connectivity index (χ1n) is 9.80. The lowest BCUT2D eigenvalue weighted by atomic mass is 9.75. The highest BCUT2D eigenvalue weighted by Gasteiger charge is 2.68. The second kappa shape index (κ2) is 7.64. The van der Waals surface area contributed by atoms with E-state index in [9.17, 15) is 14.4 Å². The Morgan fingerprint density at radius 1 is 1.27 bits per heavy atom. The van der Waals surface area contributed by atoms with Crippen molar-refractivity contribution >= 4 is 17.8 Å². The number of hydrogen-bond acceptors (Lipinski definition) is 6. The third-order valence-electron chi connectivity index (χ3n) is 6.35. The van der Waals surface area contributed by atoms with Crippen LogP contribution in [0.2, 0.25) is 0 Å². The summed E-state index contributed by atoms with van der Waals surface area (Å²) in [6.07, 6.45) is 3.87. The van der Waals surface area contributed by atoms with Crippen molar-refractivity contribution in [3.05, 3.63) is 0 Å². The Labute approximate surface area is 154 Å². The van der Waals surface area contributed by atoms with Gasteiger partial charge in [-0.1, -0.05) is 19.8 Å². The van der Waals surface area contributed by atoms with Crippen LogP contribution in [0.15, 0.2) is 0 Å². The molecule has 3 saturated heterocycles. The highest BCUT2D eigenvalue weighted by Crippen LogP contribution is 2.48. The maximum atomic E-state index is 13.1. The fraction of sp³-hybridized carbons (Fsp3) is 0.842. The highest BCUT2D eigenvalue weighted by atomic mass is 16.5. The Kier molecular flexibility index (Phi) is 5.67. The van der Waals surface area contributed by atoms with Crippen molar-refractivity contribution in [1.82, 2.24) is 10.2 Å². The molecule has 1 N–H and O–H groups in total. The number of methoxy groups -OCH3 is 1. The number of hydrogen-bond donors (Lipinski definition) is 1. The quantitative estimate of drug-likeness (QED) is 0.560. The summed E-state index contributed by atoms with van der Waals surface area (Å²) in [4.78, 5) is 40.3. The zero-order valence-corrected chi connectivity index (χ0v) is 16.0. The molecule has 2 amide bonds. The third kappa shape index (κ3) is 2.85. The molecule has 7 nitrogen and oxygen atoms in total. The molecular formula is C19H30N2O5. The minimum atomic E-state index is -1.10. The molecule has 26 heavy (non-hydrogen) atoms. The number of amides is 2. The van der Waals surface area contributed by atoms with Gasteiger partial charge in [-0.25, -0.2) is 0 Å². The standard InChI is InChI=1S/C19H30N2O5/c1-4-6-9-19(18(24)25-3)14-13(16(22)21(5-2)17(14)23)15(20-19)12-7-10-26-11-8-12/h12-15,20H,4-11H2,1-3H3/t13-,14-,15-,19-/m1/s1. The van der Waals surface area contributed by atoms with Crippen LogP contribution in [-0.2, 0) is 23.9 Å². The van der Waals surface area contributed by atoms with Gasteiger partial charge in [-0.05, 0) is 32.1 Å². The molecule has 0 aliphatic carbocycles. The van der Waals surface area contributed by atoms with E-state index in [1.807, 2.05) is 6.92 Å². The van der Waals surface area contributed by atoms with E-state index in [4.69, 9.17) is 9.47 Å². The predicted octanol–water partition coefficient (Wildman–Crippen LogP) is 1.11. The van der Waals surface area contributed by atoms with Gasteiger partial charge in [0.05, 0.1) is 18.9 Å². The minimum absolute atomic E-state index is 0.145. The maximum absolute atomic E-state index is 13.1. The van der Waals surface area contributed by atoms with Crippen LogP contribution in [0.3, 0.4) is 0 Å². The molecule has 0 aromatic rings. The van der Waals surface area contributed by atoms with Gasteiger partial charge in [0.15, 0.2) is 0 Å². The van der Waals surface area contributed by atoms with Gasteiger partial charge in [0.1, 0.15) is 5.54 Å². The molecular weight excluding hydrogens is 336 g/mol. The molecule has 3 rings (SSSR count). The van der Waals surface area contributed by atoms with Gasteiger partial charge in [0, 0.05) is 25.8 Å². The zero-order valence-electron chi connectivity index (χ0n) is 16.0. The molecule has 3 aliphatic rings. The molecule has 3 heterocycles. The van der Waals surface area contributed by atoms with Crippen LogP contribution in [-0.4, -0.2) is 61.1 Å². The van der Waals surface area contributed by atoms with Gasteiger partial charge in [0.25, 0.3) is 0 Å². The van der Waals surface area contributed by atoms with Crippen LogP contribution in [0, 0.1) is 17.8 Å². The van der Waals surface area contributed by atoms with Crippen LogP contribution in [0.5, 0.6) is 0 Å². The number of unbranched alkanes of at least 4 members (excludes halogenated alkanes) is 1. The number of carbonyl (C=O) groups excluding carboxylic acids is 3. The van der Waals surface area contributed by atoms with E-state index in [2.05, 4.69) is 5.32 Å². The fourth-order valence-electron chi connectivity index (χ4n) is 5.06. The number of ether oxygens (including phenoxy) is 2. The Morgan fingerprint density at radius 2 is 1.96 bits per heavy atom. The zero-order chi connectivity index (χ0) is 18.9. The molecule has 0 aromatic carbocycles. The lowest BCUT2D eigenvalue weighted by Gasteiger charge is -2.35. The highest BCUT2D eigenvalue weighted by molar-refractivity contribution is 6.09. The summed E-state index contributed by atoms with van der Waals surface area (Å²) in [6.45, 7) is 5.50. The van der Waals surface area contributed by atoms with Crippen LogP contribution in [0.1, 0.15) is 46.0 Å². The van der Waals surface area contributed by atoms with Crippen LogP contribution in [0.4, 0.5) is 0 Å². The SMILES string of the molecule is CCCC[C@@]1(C(=O)OC)N[C@H](C2CCOCC2)[C@@H]2C(=O)N(CC)C(=O)[C@@H]21. The summed E-state index contributed by atoms with van der Waals surface area (Å²) in [5, 5.41) is 3.47. The topological polar surface area (TPSA) is 84.9 Å². The first kappa shape index (κ1) is 19.3. The van der Waals surface area contributed by atoms with Crippen molar-refractivity contribution in [3.8, 4) is 0 Å². The smallest absolute Gasteiger partial charge is 0.326 e. The molecule has 0 saturated carbocycles. The van der Waals surface area contributed by atoms with E-state index in [0.717, 1.165) is 25.7 Å². The van der Waals surface area contributed by atoms with Gasteiger partial charge in [-0.3, -0.25) is 24.6 Å². The molecule has 0 spiro atoms. The van der Waals surface area contributed by atoms with Crippen molar-refractivity contribution in [1.29, 1.82) is 0 Å². The van der Waals surface area contributed by atoms with Crippen molar-refractivity contribution in [3.63, 3.8) is 0 Å². The van der Waals surface area contributed by atoms with Crippen molar-refractivity contribution in [2.45, 2.75) is 57.5 Å². The third-order valence-corrected chi connectivity index (χ3v) is 6.35. The Bertz CT molecular complexity index is 574. The maximum Gasteiger partial charge on any atom is 0.326 e. The number of nitrogens with zero attached hydrogens (tertiary/aromatic N) is 1. The predicted molar refractivity (Wildman–Crippen MR) is 94.1 cm³/mol. The van der Waals surface area contributed by atoms with Crippen LogP contribution in [0.25, 0.3) is 0 Å². The summed E-state index contributed by atoms with van der Waals surface area (Å²) < 4.78 is 10.6. The van der Waals surface area contributed by atoms with Gasteiger partial charge in [-0.15, -0.1) is 0 Å². The van der Waals surface area contributed by atoms with Gasteiger partial charge in [0.2, 0.25) is 11.8 Å². The average Bonchev–Trinajstić information content (AvgIpc) is 3.14. The number of rotatable bonds is 6. The number of fused-ring (bicyclic) bond motifs is 1. The van der Waals surface area contributed by atoms with Gasteiger partial charge in [-0.2, -0.15) is 0 Å². The largest absolute Gasteiger partial charge is 0.468 e. The monoisotopic (exact) mass is 366 g/mol. The van der Waals surface area contributed by atoms with E-state index in [1.165, 1.54) is 12.0 Å². The number of esters is 1. The van der Waals surface area contributed by atoms with Crippen LogP contribution >= 0.6 is 0 Å². The summed E-state index contributed by atoms with van der Waals surface area (Å²) in [6, 6.07) is -0.187. The van der Waals surface area contributed by atoms with E-state index in [-0.39, 0.29) is 23.8 Å². The summed E-state index contributed by atoms with van der Waals surface area (Å²) in [7, 11) is 1.35. The summed E-state index contributed by atoms with van der Waals surface area (Å²) in [5.41, 5.74) is -1.10. The van der Waals surface area contributed by atoms with E-state index < -0.39 is 23.3 Å². The van der Waals surface area contributed by atoms with Crippen molar-refractivity contribution in [2.75, 3.05) is 26.9 Å². The second-order valence-electron chi connectivity index (χ2n) is 7.61. The number of nitrogens with one attached hydrogen (secondary N) is 1. The van der Waals surface area contributed by atoms with E-state index in [0.29, 0.717) is 26.2 Å². The molecule has 0 aromatic heterocycles. The lowest BCUT2D eigenvalue weighted by Crippen LogP contribution is -2.58. The lowest BCUT2D eigenvalue weighted by molar-refractivity contribution is -0.154. The summed E-state index contributed by atoms with van der Waals surface area (Å²) >= 11 is 0. The molecule has 0 unspecified atom stereocenters. The average molecular weight is 366 g/mol. The molecule has 0 radical (unpaired) electrons. The van der Waals surface area contributed by atoms with Crippen molar-refractivity contribution < 1.29 is 23.9 Å².